The Morgan fingerprint density at radius 2 is 1.59 bits per heavy atom. The standard InChI is InChI=1S/C24H28N2O7S/c1-15(34(2,31)32)13-25-23(29)21(11-12-22(27)28)26-24(30)33-14-20-18-9-5-3-7-16(18)17-8-4-6-10-19(17)20/h3-10,15,20-21H,11-14H2,1-2H3,(H,25,29)(H,26,30)(H,27,28). The SMILES string of the molecule is CC(CNC(=O)C(CCC(=O)O)NC(=O)OCC1c2ccccc2-c2ccccc21)S(C)(=O)=O. The number of carbonyl (C=O) groups excluding carboxylic acids is 2. The molecule has 1 aliphatic carbocycles. The van der Waals surface area contributed by atoms with Gasteiger partial charge in [-0.3, -0.25) is 9.59 Å². The highest BCUT2D eigenvalue weighted by molar-refractivity contribution is 7.91. The Bertz CT molecular complexity index is 1130. The summed E-state index contributed by atoms with van der Waals surface area (Å²) in [6.07, 6.45) is -0.327. The van der Waals surface area contributed by atoms with E-state index in [0.29, 0.717) is 0 Å². The minimum atomic E-state index is -3.36. The molecule has 10 heteroatoms. The summed E-state index contributed by atoms with van der Waals surface area (Å²) in [4.78, 5) is 36.1. The molecule has 182 valence electrons. The first-order valence-electron chi connectivity index (χ1n) is 10.9. The number of amides is 2. The van der Waals surface area contributed by atoms with Gasteiger partial charge >= 0.3 is 12.1 Å². The van der Waals surface area contributed by atoms with Crippen molar-refractivity contribution in [2.24, 2.45) is 0 Å². The van der Waals surface area contributed by atoms with Gasteiger partial charge in [-0.25, -0.2) is 13.2 Å². The second-order valence-electron chi connectivity index (χ2n) is 8.34. The van der Waals surface area contributed by atoms with Crippen LogP contribution in [0.2, 0.25) is 0 Å². The quantitative estimate of drug-likeness (QED) is 0.466. The van der Waals surface area contributed by atoms with Crippen molar-refractivity contribution in [1.29, 1.82) is 0 Å². The van der Waals surface area contributed by atoms with Gasteiger partial charge in [-0.1, -0.05) is 48.5 Å². The molecular weight excluding hydrogens is 460 g/mol. The van der Waals surface area contributed by atoms with Crippen LogP contribution in [-0.4, -0.2) is 62.2 Å². The number of nitrogens with one attached hydrogen (secondary N) is 2. The van der Waals surface area contributed by atoms with E-state index in [9.17, 15) is 22.8 Å². The van der Waals surface area contributed by atoms with E-state index < -0.39 is 39.1 Å². The number of sulfone groups is 1. The zero-order chi connectivity index (χ0) is 24.9. The number of ether oxygens (including phenoxy) is 1. The van der Waals surface area contributed by atoms with Crippen LogP contribution in [0.1, 0.15) is 36.8 Å². The smallest absolute Gasteiger partial charge is 0.407 e. The summed E-state index contributed by atoms with van der Waals surface area (Å²) in [7, 11) is -3.36. The Kier molecular flexibility index (Phi) is 7.93. The normalized spacial score (nSPS) is 14.4. The van der Waals surface area contributed by atoms with E-state index in [1.54, 1.807) is 0 Å². The van der Waals surface area contributed by atoms with Crippen molar-refractivity contribution in [2.45, 2.75) is 37.0 Å². The molecule has 3 N–H and O–H groups in total. The lowest BCUT2D eigenvalue weighted by Crippen LogP contribution is -2.49. The fraction of sp³-hybridized carbons (Fsp3) is 0.375. The van der Waals surface area contributed by atoms with E-state index in [1.165, 1.54) is 6.92 Å². The Hall–Kier alpha value is -3.40. The highest BCUT2D eigenvalue weighted by Crippen LogP contribution is 2.44. The molecule has 2 unspecified atom stereocenters. The maximum atomic E-state index is 12.5. The number of benzene rings is 2. The Labute approximate surface area is 198 Å². The molecule has 0 fully saturated rings. The molecule has 34 heavy (non-hydrogen) atoms. The maximum absolute atomic E-state index is 12.5. The van der Waals surface area contributed by atoms with Gasteiger partial charge in [0, 0.05) is 25.1 Å². The topological polar surface area (TPSA) is 139 Å². The van der Waals surface area contributed by atoms with Gasteiger partial charge < -0.3 is 20.5 Å². The van der Waals surface area contributed by atoms with Crippen molar-refractivity contribution in [3.63, 3.8) is 0 Å². The Balaban J connectivity index is 1.64. The Morgan fingerprint density at radius 1 is 1.03 bits per heavy atom. The molecule has 2 amide bonds. The zero-order valence-corrected chi connectivity index (χ0v) is 19.8. The molecule has 3 rings (SSSR count). The number of rotatable bonds is 10. The van der Waals surface area contributed by atoms with Gasteiger partial charge in [0.15, 0.2) is 9.84 Å². The van der Waals surface area contributed by atoms with Crippen LogP contribution in [-0.2, 0) is 24.2 Å². The van der Waals surface area contributed by atoms with Crippen molar-refractivity contribution < 1.29 is 32.6 Å². The number of fused-ring (bicyclic) bond motifs is 3. The molecule has 2 aromatic rings. The molecule has 2 atom stereocenters. The average Bonchev–Trinajstić information content (AvgIpc) is 3.11. The maximum Gasteiger partial charge on any atom is 0.407 e. The van der Waals surface area contributed by atoms with Crippen LogP contribution in [0.5, 0.6) is 0 Å². The third-order valence-corrected chi connectivity index (χ3v) is 7.52. The largest absolute Gasteiger partial charge is 0.481 e. The summed E-state index contributed by atoms with van der Waals surface area (Å²) in [6, 6.07) is 14.5. The van der Waals surface area contributed by atoms with E-state index in [-0.39, 0.29) is 31.9 Å². The fourth-order valence-electron chi connectivity index (χ4n) is 3.84. The van der Waals surface area contributed by atoms with Crippen molar-refractivity contribution >= 4 is 27.8 Å². The first-order chi connectivity index (χ1) is 16.1. The summed E-state index contributed by atoms with van der Waals surface area (Å²) in [6.45, 7) is 1.33. The minimum Gasteiger partial charge on any atom is -0.481 e. The molecule has 1 aliphatic rings. The molecule has 0 aliphatic heterocycles. The number of carboxylic acid groups (broad SMARTS) is 1. The number of aliphatic carboxylic acids is 1. The van der Waals surface area contributed by atoms with Gasteiger partial charge in [-0.15, -0.1) is 0 Å². The third-order valence-electron chi connectivity index (χ3n) is 5.89. The lowest BCUT2D eigenvalue weighted by atomic mass is 9.98. The third kappa shape index (κ3) is 6.13. The van der Waals surface area contributed by atoms with Gasteiger partial charge in [-0.05, 0) is 35.6 Å². The van der Waals surface area contributed by atoms with Crippen LogP contribution in [0.15, 0.2) is 48.5 Å². The molecule has 0 saturated heterocycles. The lowest BCUT2D eigenvalue weighted by Gasteiger charge is -2.20. The first-order valence-corrected chi connectivity index (χ1v) is 12.8. The second kappa shape index (κ2) is 10.7. The number of carbonyl (C=O) groups is 3. The van der Waals surface area contributed by atoms with Crippen LogP contribution in [0.3, 0.4) is 0 Å². The molecule has 9 nitrogen and oxygen atoms in total. The van der Waals surface area contributed by atoms with Gasteiger partial charge in [0.1, 0.15) is 12.6 Å². The molecule has 0 radical (unpaired) electrons. The number of alkyl carbamates (subject to hydrolysis) is 1. The summed E-state index contributed by atoms with van der Waals surface area (Å²) in [5.41, 5.74) is 4.22. The van der Waals surface area contributed by atoms with Crippen molar-refractivity contribution in [1.82, 2.24) is 10.6 Å². The molecular formula is C24H28N2O7S. The predicted molar refractivity (Wildman–Crippen MR) is 126 cm³/mol. The summed E-state index contributed by atoms with van der Waals surface area (Å²) >= 11 is 0. The summed E-state index contributed by atoms with van der Waals surface area (Å²) in [5.74, 6) is -1.97. The first kappa shape index (κ1) is 25.2. The van der Waals surface area contributed by atoms with Crippen LogP contribution in [0.4, 0.5) is 4.79 Å². The predicted octanol–water partition coefficient (Wildman–Crippen LogP) is 2.31. The molecule has 0 spiro atoms. The van der Waals surface area contributed by atoms with E-state index in [2.05, 4.69) is 10.6 Å². The molecule has 0 saturated carbocycles. The molecule has 0 bridgehead atoms. The van der Waals surface area contributed by atoms with E-state index in [4.69, 9.17) is 9.84 Å². The number of hydrogen-bond acceptors (Lipinski definition) is 6. The number of carboxylic acids is 1. The van der Waals surface area contributed by atoms with Crippen LogP contribution in [0, 0.1) is 0 Å². The summed E-state index contributed by atoms with van der Waals surface area (Å²) in [5, 5.41) is 13.0. The van der Waals surface area contributed by atoms with Crippen molar-refractivity contribution in [3.8, 4) is 11.1 Å². The van der Waals surface area contributed by atoms with Gasteiger partial charge in [0.05, 0.1) is 5.25 Å². The molecule has 0 aromatic heterocycles. The van der Waals surface area contributed by atoms with E-state index in [0.717, 1.165) is 28.5 Å². The Morgan fingerprint density at radius 3 is 2.12 bits per heavy atom. The van der Waals surface area contributed by atoms with Crippen LogP contribution < -0.4 is 10.6 Å². The highest BCUT2D eigenvalue weighted by Gasteiger charge is 2.30. The highest BCUT2D eigenvalue weighted by atomic mass is 32.2. The average molecular weight is 489 g/mol. The van der Waals surface area contributed by atoms with Crippen LogP contribution >= 0.6 is 0 Å². The zero-order valence-electron chi connectivity index (χ0n) is 19.0. The van der Waals surface area contributed by atoms with Crippen molar-refractivity contribution in [3.05, 3.63) is 59.7 Å². The van der Waals surface area contributed by atoms with Gasteiger partial charge in [-0.2, -0.15) is 0 Å². The summed E-state index contributed by atoms with van der Waals surface area (Å²) < 4.78 is 28.6. The van der Waals surface area contributed by atoms with Gasteiger partial charge in [0.2, 0.25) is 5.91 Å². The molecule has 0 heterocycles. The van der Waals surface area contributed by atoms with E-state index >= 15 is 0 Å². The lowest BCUT2D eigenvalue weighted by molar-refractivity contribution is -0.137. The fourth-order valence-corrected chi connectivity index (χ4v) is 4.22. The number of hydrogen-bond donors (Lipinski definition) is 3. The minimum absolute atomic E-state index is 0.0399. The molecule has 2 aromatic carbocycles. The van der Waals surface area contributed by atoms with Crippen molar-refractivity contribution in [2.75, 3.05) is 19.4 Å². The van der Waals surface area contributed by atoms with Crippen LogP contribution in [0.25, 0.3) is 11.1 Å². The van der Waals surface area contributed by atoms with E-state index in [1.807, 2.05) is 48.5 Å². The monoisotopic (exact) mass is 488 g/mol. The van der Waals surface area contributed by atoms with Gasteiger partial charge in [0.25, 0.3) is 0 Å². The second-order valence-corrected chi connectivity index (χ2v) is 10.8.